The topological polar surface area (TPSA) is 69.1 Å². The molecule has 0 saturated heterocycles. The average molecular weight is 212 g/mol. The van der Waals surface area contributed by atoms with Crippen LogP contribution in [0.15, 0.2) is 42.5 Å². The van der Waals surface area contributed by atoms with Gasteiger partial charge in [0.25, 0.3) is 0 Å². The second kappa shape index (κ2) is 4.06. The first kappa shape index (κ1) is 10.2. The minimum Gasteiger partial charge on any atom is -0.399 e. The SMILES string of the molecule is NC(=O)C=Cc1ccc2cc(N)ccc2c1. The summed E-state index contributed by atoms with van der Waals surface area (Å²) in [5.41, 5.74) is 12.4. The van der Waals surface area contributed by atoms with Crippen LogP contribution in [0, 0.1) is 0 Å². The molecule has 0 aliphatic rings. The Morgan fingerprint density at radius 1 is 1.06 bits per heavy atom. The van der Waals surface area contributed by atoms with Crippen molar-refractivity contribution in [2.75, 3.05) is 5.73 Å². The molecule has 4 N–H and O–H groups in total. The van der Waals surface area contributed by atoms with Crippen LogP contribution in [0.25, 0.3) is 16.8 Å². The van der Waals surface area contributed by atoms with Gasteiger partial charge >= 0.3 is 0 Å². The molecule has 0 aliphatic heterocycles. The van der Waals surface area contributed by atoms with E-state index in [-0.39, 0.29) is 0 Å². The van der Waals surface area contributed by atoms with Crippen molar-refractivity contribution in [2.24, 2.45) is 5.73 Å². The summed E-state index contributed by atoms with van der Waals surface area (Å²) in [6.45, 7) is 0. The highest BCUT2D eigenvalue weighted by Crippen LogP contribution is 2.19. The number of amides is 1. The van der Waals surface area contributed by atoms with Crippen molar-refractivity contribution < 1.29 is 4.79 Å². The maximum absolute atomic E-state index is 10.6. The number of hydrogen-bond donors (Lipinski definition) is 2. The summed E-state index contributed by atoms with van der Waals surface area (Å²) in [6, 6.07) is 11.6. The summed E-state index contributed by atoms with van der Waals surface area (Å²) < 4.78 is 0. The number of primary amides is 1. The van der Waals surface area contributed by atoms with Gasteiger partial charge in [-0.2, -0.15) is 0 Å². The van der Waals surface area contributed by atoms with Crippen molar-refractivity contribution >= 4 is 28.4 Å². The minimum absolute atomic E-state index is 0.447. The normalized spacial score (nSPS) is 11.0. The number of fused-ring (bicyclic) bond motifs is 1. The monoisotopic (exact) mass is 212 g/mol. The minimum atomic E-state index is -0.447. The molecule has 0 aliphatic carbocycles. The molecular formula is C13H12N2O. The van der Waals surface area contributed by atoms with Gasteiger partial charge in [-0.1, -0.05) is 18.2 Å². The molecule has 0 aromatic heterocycles. The Kier molecular flexibility index (Phi) is 2.60. The number of nitrogens with two attached hydrogens (primary N) is 2. The molecule has 0 heterocycles. The molecule has 2 aromatic carbocycles. The standard InChI is InChI=1S/C13H12N2O/c14-12-5-4-10-7-9(2-6-13(15)16)1-3-11(10)8-12/h1-8H,14H2,(H2,15,16). The van der Waals surface area contributed by atoms with Gasteiger partial charge in [0.05, 0.1) is 0 Å². The van der Waals surface area contributed by atoms with E-state index in [0.29, 0.717) is 0 Å². The zero-order valence-electron chi connectivity index (χ0n) is 8.68. The van der Waals surface area contributed by atoms with Gasteiger partial charge in [0, 0.05) is 11.8 Å². The Morgan fingerprint density at radius 2 is 1.75 bits per heavy atom. The molecular weight excluding hydrogens is 200 g/mol. The van der Waals surface area contributed by atoms with E-state index in [1.807, 2.05) is 36.4 Å². The molecule has 1 amide bonds. The second-order valence-corrected chi connectivity index (χ2v) is 3.60. The third kappa shape index (κ3) is 2.20. The molecule has 0 fully saturated rings. The molecule has 0 bridgehead atoms. The van der Waals surface area contributed by atoms with Gasteiger partial charge in [-0.25, -0.2) is 0 Å². The van der Waals surface area contributed by atoms with Crippen molar-refractivity contribution in [1.82, 2.24) is 0 Å². The van der Waals surface area contributed by atoms with Crippen LogP contribution in [-0.4, -0.2) is 5.91 Å². The number of carbonyl (C=O) groups is 1. The molecule has 0 atom stereocenters. The first-order valence-corrected chi connectivity index (χ1v) is 4.92. The lowest BCUT2D eigenvalue weighted by molar-refractivity contribution is -0.113. The van der Waals surface area contributed by atoms with E-state index in [1.54, 1.807) is 6.08 Å². The molecule has 3 nitrogen and oxygen atoms in total. The van der Waals surface area contributed by atoms with Crippen LogP contribution in [0.5, 0.6) is 0 Å². The van der Waals surface area contributed by atoms with Gasteiger partial charge in [-0.15, -0.1) is 0 Å². The summed E-state index contributed by atoms with van der Waals surface area (Å²) in [7, 11) is 0. The number of nitrogen functional groups attached to an aromatic ring is 1. The lowest BCUT2D eigenvalue weighted by Crippen LogP contribution is -2.05. The van der Waals surface area contributed by atoms with E-state index in [4.69, 9.17) is 11.5 Å². The molecule has 2 rings (SSSR count). The lowest BCUT2D eigenvalue weighted by Gasteiger charge is -2.00. The van der Waals surface area contributed by atoms with Crippen LogP contribution >= 0.6 is 0 Å². The molecule has 0 unspecified atom stereocenters. The molecule has 80 valence electrons. The first-order chi connectivity index (χ1) is 7.65. The largest absolute Gasteiger partial charge is 0.399 e. The van der Waals surface area contributed by atoms with Gasteiger partial charge < -0.3 is 11.5 Å². The van der Waals surface area contributed by atoms with E-state index in [0.717, 1.165) is 22.0 Å². The van der Waals surface area contributed by atoms with Crippen LogP contribution in [0.4, 0.5) is 5.69 Å². The Balaban J connectivity index is 2.44. The molecule has 0 spiro atoms. The van der Waals surface area contributed by atoms with Crippen molar-refractivity contribution in [3.05, 3.63) is 48.0 Å². The molecule has 0 saturated carbocycles. The highest BCUT2D eigenvalue weighted by molar-refractivity contribution is 5.92. The Bertz CT molecular complexity index is 573. The van der Waals surface area contributed by atoms with Gasteiger partial charge in [-0.05, 0) is 40.6 Å². The maximum atomic E-state index is 10.6. The van der Waals surface area contributed by atoms with Crippen molar-refractivity contribution in [1.29, 1.82) is 0 Å². The van der Waals surface area contributed by atoms with Gasteiger partial charge in [0.1, 0.15) is 0 Å². The Hall–Kier alpha value is -2.29. The Morgan fingerprint density at radius 3 is 2.50 bits per heavy atom. The molecule has 0 radical (unpaired) electrons. The zero-order chi connectivity index (χ0) is 11.5. The number of hydrogen-bond acceptors (Lipinski definition) is 2. The third-order valence-electron chi connectivity index (χ3n) is 2.33. The molecule has 2 aromatic rings. The summed E-state index contributed by atoms with van der Waals surface area (Å²) in [5, 5.41) is 2.16. The van der Waals surface area contributed by atoms with Crippen molar-refractivity contribution in [3.63, 3.8) is 0 Å². The number of carbonyl (C=O) groups excluding carboxylic acids is 1. The highest BCUT2D eigenvalue weighted by atomic mass is 16.1. The van der Waals surface area contributed by atoms with Crippen LogP contribution in [0.1, 0.15) is 5.56 Å². The van der Waals surface area contributed by atoms with E-state index in [2.05, 4.69) is 0 Å². The second-order valence-electron chi connectivity index (χ2n) is 3.60. The van der Waals surface area contributed by atoms with Crippen LogP contribution in [0.3, 0.4) is 0 Å². The fourth-order valence-electron chi connectivity index (χ4n) is 1.56. The Labute approximate surface area is 93.4 Å². The summed E-state index contributed by atoms with van der Waals surface area (Å²) in [6.07, 6.45) is 3.04. The van der Waals surface area contributed by atoms with Crippen LogP contribution < -0.4 is 11.5 Å². The summed E-state index contributed by atoms with van der Waals surface area (Å²) in [5.74, 6) is -0.447. The van der Waals surface area contributed by atoms with E-state index < -0.39 is 5.91 Å². The van der Waals surface area contributed by atoms with E-state index in [1.165, 1.54) is 6.08 Å². The smallest absolute Gasteiger partial charge is 0.241 e. The first-order valence-electron chi connectivity index (χ1n) is 4.92. The van der Waals surface area contributed by atoms with Gasteiger partial charge in [-0.3, -0.25) is 4.79 Å². The highest BCUT2D eigenvalue weighted by Gasteiger charge is 1.95. The number of benzene rings is 2. The van der Waals surface area contributed by atoms with Gasteiger partial charge in [0.2, 0.25) is 5.91 Å². The summed E-state index contributed by atoms with van der Waals surface area (Å²) >= 11 is 0. The van der Waals surface area contributed by atoms with E-state index in [9.17, 15) is 4.79 Å². The van der Waals surface area contributed by atoms with E-state index >= 15 is 0 Å². The molecule has 16 heavy (non-hydrogen) atoms. The fraction of sp³-hybridized carbons (Fsp3) is 0. The predicted molar refractivity (Wildman–Crippen MR) is 66.6 cm³/mol. The van der Waals surface area contributed by atoms with Crippen molar-refractivity contribution in [3.8, 4) is 0 Å². The lowest BCUT2D eigenvalue weighted by atomic mass is 10.1. The number of anilines is 1. The van der Waals surface area contributed by atoms with Gasteiger partial charge in [0.15, 0.2) is 0 Å². The predicted octanol–water partition coefficient (Wildman–Crippen LogP) is 1.92. The number of rotatable bonds is 2. The van der Waals surface area contributed by atoms with Crippen molar-refractivity contribution in [2.45, 2.75) is 0 Å². The van der Waals surface area contributed by atoms with Crippen LogP contribution in [-0.2, 0) is 4.79 Å². The fourth-order valence-corrected chi connectivity index (χ4v) is 1.56. The third-order valence-corrected chi connectivity index (χ3v) is 2.33. The van der Waals surface area contributed by atoms with Crippen LogP contribution in [0.2, 0.25) is 0 Å². The molecule has 3 heteroatoms. The zero-order valence-corrected chi connectivity index (χ0v) is 8.68. The summed E-state index contributed by atoms with van der Waals surface area (Å²) in [4.78, 5) is 10.6. The quantitative estimate of drug-likeness (QED) is 0.589. The average Bonchev–Trinajstić information content (AvgIpc) is 2.26. The maximum Gasteiger partial charge on any atom is 0.241 e.